The van der Waals surface area contributed by atoms with Crippen LogP contribution in [0.4, 0.5) is 10.1 Å². The number of carbonyl (C=O) groups is 2. The molecular weight excluding hydrogens is 577 g/mol. The standard InChI is InChI=1S/C35H38FN3O4S/c1-5-37-35(41)33(22-28-11-7-6-8-12-28)38(23-29-16-18-30(36)19-17-29)34(40)24-39(32-13-9-10-26(3)27(32)4)44(42,43)31-20-14-25(2)15-21-31/h6-21,33H,5,22-24H2,1-4H3,(H,37,41). The van der Waals surface area contributed by atoms with Crippen LogP contribution >= 0.6 is 0 Å². The first-order valence-electron chi connectivity index (χ1n) is 14.5. The topological polar surface area (TPSA) is 86.8 Å². The molecule has 1 N–H and O–H groups in total. The van der Waals surface area contributed by atoms with Crippen molar-refractivity contribution in [1.29, 1.82) is 0 Å². The highest BCUT2D eigenvalue weighted by atomic mass is 32.2. The summed E-state index contributed by atoms with van der Waals surface area (Å²) in [6, 6.07) is 25.8. The number of amides is 2. The molecule has 0 aromatic heterocycles. The predicted octanol–water partition coefficient (Wildman–Crippen LogP) is 5.72. The molecule has 230 valence electrons. The summed E-state index contributed by atoms with van der Waals surface area (Å²) in [4.78, 5) is 29.4. The summed E-state index contributed by atoms with van der Waals surface area (Å²) >= 11 is 0. The number of hydrogen-bond donors (Lipinski definition) is 1. The molecule has 1 atom stereocenters. The lowest BCUT2D eigenvalue weighted by atomic mass is 10.0. The monoisotopic (exact) mass is 615 g/mol. The van der Waals surface area contributed by atoms with E-state index < -0.39 is 34.3 Å². The molecule has 0 aliphatic heterocycles. The molecule has 44 heavy (non-hydrogen) atoms. The second kappa shape index (κ2) is 14.3. The molecule has 4 aromatic carbocycles. The van der Waals surface area contributed by atoms with Crippen LogP contribution in [-0.4, -0.2) is 44.3 Å². The van der Waals surface area contributed by atoms with Gasteiger partial charge in [-0.15, -0.1) is 0 Å². The number of likely N-dealkylation sites (N-methyl/N-ethyl adjacent to an activating group) is 1. The molecule has 0 heterocycles. The van der Waals surface area contributed by atoms with Crippen molar-refractivity contribution in [3.8, 4) is 0 Å². The van der Waals surface area contributed by atoms with Gasteiger partial charge in [-0.1, -0.05) is 72.3 Å². The highest BCUT2D eigenvalue weighted by Crippen LogP contribution is 2.29. The fraction of sp³-hybridized carbons (Fsp3) is 0.257. The number of carbonyl (C=O) groups excluding carboxylic acids is 2. The number of nitrogens with one attached hydrogen (secondary N) is 1. The molecule has 7 nitrogen and oxygen atoms in total. The van der Waals surface area contributed by atoms with Crippen molar-refractivity contribution in [3.05, 3.63) is 131 Å². The zero-order valence-corrected chi connectivity index (χ0v) is 26.3. The molecule has 4 rings (SSSR count). The lowest BCUT2D eigenvalue weighted by Gasteiger charge is -2.34. The quantitative estimate of drug-likeness (QED) is 0.221. The summed E-state index contributed by atoms with van der Waals surface area (Å²) in [5.41, 5.74) is 4.28. The van der Waals surface area contributed by atoms with Gasteiger partial charge in [-0.2, -0.15) is 0 Å². The van der Waals surface area contributed by atoms with Crippen LogP contribution in [0.25, 0.3) is 0 Å². The smallest absolute Gasteiger partial charge is 0.264 e. The maximum absolute atomic E-state index is 14.4. The Morgan fingerprint density at radius 1 is 0.818 bits per heavy atom. The number of hydrogen-bond acceptors (Lipinski definition) is 4. The van der Waals surface area contributed by atoms with Crippen LogP contribution in [0, 0.1) is 26.6 Å². The van der Waals surface area contributed by atoms with Crippen LogP contribution in [0.2, 0.25) is 0 Å². The Balaban J connectivity index is 1.82. The maximum Gasteiger partial charge on any atom is 0.264 e. The zero-order chi connectivity index (χ0) is 31.9. The Morgan fingerprint density at radius 2 is 1.48 bits per heavy atom. The van der Waals surface area contributed by atoms with Crippen LogP contribution in [0.1, 0.15) is 34.7 Å². The lowest BCUT2D eigenvalue weighted by Crippen LogP contribution is -2.53. The fourth-order valence-electron chi connectivity index (χ4n) is 4.99. The number of halogens is 1. The summed E-state index contributed by atoms with van der Waals surface area (Å²) in [7, 11) is -4.20. The minimum Gasteiger partial charge on any atom is -0.355 e. The first kappa shape index (κ1) is 32.4. The van der Waals surface area contributed by atoms with Crippen LogP contribution in [0.3, 0.4) is 0 Å². The van der Waals surface area contributed by atoms with Crippen LogP contribution in [0.5, 0.6) is 0 Å². The molecule has 1 unspecified atom stereocenters. The molecule has 0 bridgehead atoms. The molecule has 0 aliphatic carbocycles. The van der Waals surface area contributed by atoms with E-state index in [9.17, 15) is 22.4 Å². The molecule has 0 spiro atoms. The van der Waals surface area contributed by atoms with Crippen molar-refractivity contribution in [3.63, 3.8) is 0 Å². The van der Waals surface area contributed by atoms with E-state index in [1.165, 1.54) is 29.2 Å². The van der Waals surface area contributed by atoms with Gasteiger partial charge in [0.2, 0.25) is 11.8 Å². The lowest BCUT2D eigenvalue weighted by molar-refractivity contribution is -0.140. The Morgan fingerprint density at radius 3 is 2.11 bits per heavy atom. The Labute approximate surface area is 259 Å². The molecule has 0 fully saturated rings. The third-order valence-corrected chi connectivity index (χ3v) is 9.39. The van der Waals surface area contributed by atoms with Gasteiger partial charge in [-0.3, -0.25) is 13.9 Å². The summed E-state index contributed by atoms with van der Waals surface area (Å²) in [6.45, 7) is 7.12. The van der Waals surface area contributed by atoms with Gasteiger partial charge < -0.3 is 10.2 Å². The first-order chi connectivity index (χ1) is 21.0. The number of benzene rings is 4. The number of nitrogens with zero attached hydrogens (tertiary/aromatic N) is 2. The van der Waals surface area contributed by atoms with Gasteiger partial charge in [-0.25, -0.2) is 12.8 Å². The van der Waals surface area contributed by atoms with Crippen molar-refractivity contribution in [2.75, 3.05) is 17.4 Å². The summed E-state index contributed by atoms with van der Waals surface area (Å²) < 4.78 is 43.3. The predicted molar refractivity (Wildman–Crippen MR) is 171 cm³/mol. The van der Waals surface area contributed by atoms with Gasteiger partial charge >= 0.3 is 0 Å². The second-order valence-electron chi connectivity index (χ2n) is 10.8. The van der Waals surface area contributed by atoms with Crippen molar-refractivity contribution >= 4 is 27.5 Å². The van der Waals surface area contributed by atoms with E-state index in [2.05, 4.69) is 5.32 Å². The van der Waals surface area contributed by atoms with Crippen molar-refractivity contribution in [2.45, 2.75) is 51.6 Å². The highest BCUT2D eigenvalue weighted by molar-refractivity contribution is 7.92. The van der Waals surface area contributed by atoms with Gasteiger partial charge in [0.05, 0.1) is 10.6 Å². The van der Waals surface area contributed by atoms with E-state index in [0.29, 0.717) is 23.4 Å². The second-order valence-corrected chi connectivity index (χ2v) is 12.7. The number of aryl methyl sites for hydroxylation is 2. The molecule has 9 heteroatoms. The zero-order valence-electron chi connectivity index (χ0n) is 25.5. The van der Waals surface area contributed by atoms with Gasteiger partial charge in [-0.05, 0) is 80.3 Å². The summed E-state index contributed by atoms with van der Waals surface area (Å²) in [6.07, 6.45) is 0.202. The average molecular weight is 616 g/mol. The van der Waals surface area contributed by atoms with E-state index in [0.717, 1.165) is 21.0 Å². The van der Waals surface area contributed by atoms with Crippen LogP contribution < -0.4 is 9.62 Å². The Kier molecular flexibility index (Phi) is 10.5. The van der Waals surface area contributed by atoms with E-state index in [4.69, 9.17) is 0 Å². The van der Waals surface area contributed by atoms with Gasteiger partial charge in [0.1, 0.15) is 18.4 Å². The third kappa shape index (κ3) is 7.71. The van der Waals surface area contributed by atoms with Crippen molar-refractivity contribution in [2.24, 2.45) is 0 Å². The van der Waals surface area contributed by atoms with Gasteiger partial charge in [0.15, 0.2) is 0 Å². The molecular formula is C35H38FN3O4S. The van der Waals surface area contributed by atoms with E-state index in [-0.39, 0.29) is 23.8 Å². The molecule has 0 saturated heterocycles. The molecule has 0 aliphatic rings. The summed E-state index contributed by atoms with van der Waals surface area (Å²) in [5, 5.41) is 2.83. The minimum atomic E-state index is -4.20. The number of anilines is 1. The fourth-order valence-corrected chi connectivity index (χ4v) is 6.46. The van der Waals surface area contributed by atoms with Crippen molar-refractivity contribution in [1.82, 2.24) is 10.2 Å². The third-order valence-electron chi connectivity index (χ3n) is 7.62. The van der Waals surface area contributed by atoms with E-state index in [1.807, 2.05) is 57.2 Å². The molecule has 0 radical (unpaired) electrons. The van der Waals surface area contributed by atoms with Crippen LogP contribution in [-0.2, 0) is 32.6 Å². The Hall–Kier alpha value is -4.50. The first-order valence-corrected chi connectivity index (χ1v) is 16.0. The van der Waals surface area contributed by atoms with E-state index >= 15 is 0 Å². The number of sulfonamides is 1. The van der Waals surface area contributed by atoms with Crippen LogP contribution in [0.15, 0.2) is 102 Å². The maximum atomic E-state index is 14.4. The number of rotatable bonds is 12. The van der Waals surface area contributed by atoms with Gasteiger partial charge in [0, 0.05) is 19.5 Å². The van der Waals surface area contributed by atoms with E-state index in [1.54, 1.807) is 43.3 Å². The largest absolute Gasteiger partial charge is 0.355 e. The molecule has 4 aromatic rings. The normalized spacial score (nSPS) is 11.9. The van der Waals surface area contributed by atoms with Gasteiger partial charge in [0.25, 0.3) is 10.0 Å². The molecule has 2 amide bonds. The van der Waals surface area contributed by atoms with Crippen molar-refractivity contribution < 1.29 is 22.4 Å². The minimum absolute atomic E-state index is 0.0288. The average Bonchev–Trinajstić information content (AvgIpc) is 3.01. The highest BCUT2D eigenvalue weighted by Gasteiger charge is 2.35. The SMILES string of the molecule is CCNC(=O)C(Cc1ccccc1)N(Cc1ccc(F)cc1)C(=O)CN(c1cccc(C)c1C)S(=O)(=O)c1ccc(C)cc1. The summed E-state index contributed by atoms with van der Waals surface area (Å²) in [5.74, 6) is -1.37. The Bertz CT molecular complexity index is 1690. The molecule has 0 saturated carbocycles.